The van der Waals surface area contributed by atoms with Crippen LogP contribution in [-0.2, 0) is 13.0 Å². The van der Waals surface area contributed by atoms with E-state index in [1.165, 1.54) is 4.52 Å². The Labute approximate surface area is 120 Å². The molecule has 0 amide bonds. The van der Waals surface area contributed by atoms with Gasteiger partial charge in [0, 0.05) is 5.56 Å². The van der Waals surface area contributed by atoms with Crippen LogP contribution < -0.4 is 10.1 Å². The van der Waals surface area contributed by atoms with Crippen LogP contribution in [0.5, 0.6) is 5.88 Å². The van der Waals surface area contributed by atoms with Gasteiger partial charge in [-0.3, -0.25) is 0 Å². The first kappa shape index (κ1) is 13.4. The van der Waals surface area contributed by atoms with Crippen molar-refractivity contribution < 1.29 is 14.1 Å². The number of rotatable bonds is 3. The van der Waals surface area contributed by atoms with Crippen molar-refractivity contribution in [3.63, 3.8) is 0 Å². The highest BCUT2D eigenvalue weighted by Gasteiger charge is 2.27. The number of nitrogens with zero attached hydrogens (tertiary/aromatic N) is 3. The molecule has 0 spiro atoms. The van der Waals surface area contributed by atoms with Gasteiger partial charge in [0.25, 0.3) is 11.8 Å². The molecule has 1 N–H and O–H groups in total. The molecule has 0 fully saturated rings. The van der Waals surface area contributed by atoms with Crippen molar-refractivity contribution in [3.8, 4) is 17.3 Å². The summed E-state index contributed by atoms with van der Waals surface area (Å²) in [6, 6.07) is 9.34. The van der Waals surface area contributed by atoms with Crippen molar-refractivity contribution in [2.24, 2.45) is 0 Å². The number of hydrogen-bond donors (Lipinski definition) is 1. The zero-order chi connectivity index (χ0) is 15.0. The Morgan fingerprint density at radius 1 is 1.29 bits per heavy atom. The van der Waals surface area contributed by atoms with Crippen molar-refractivity contribution in [1.82, 2.24) is 9.61 Å². The first-order chi connectivity index (χ1) is 10.2. The zero-order valence-corrected chi connectivity index (χ0v) is 11.9. The minimum Gasteiger partial charge on any atom is -0.477 e. The van der Waals surface area contributed by atoms with Crippen LogP contribution in [0.2, 0.25) is 0 Å². The summed E-state index contributed by atoms with van der Waals surface area (Å²) in [5.41, 5.74) is 0.767. The van der Waals surface area contributed by atoms with Gasteiger partial charge in [0.1, 0.15) is 5.56 Å². The molecule has 3 aromatic rings. The Balaban J connectivity index is 2.36. The Morgan fingerprint density at radius 3 is 2.62 bits per heavy atom. The second-order valence-electron chi connectivity index (χ2n) is 4.67. The standard InChI is InChI=1S/C15H15N3O3/c1-3-11-13(19)17(4-2)15-18(14(11)20)16-12(21-15)10-8-6-5-7-9-10/h5-9H,3-4H2,1-2H3/p+1. The fourth-order valence-corrected chi connectivity index (χ4v) is 2.35. The molecular formula is C15H16N3O3+. The van der Waals surface area contributed by atoms with E-state index in [0.717, 1.165) is 5.56 Å². The number of aromatic hydroxyl groups is 1. The van der Waals surface area contributed by atoms with Gasteiger partial charge >= 0.3 is 11.4 Å². The van der Waals surface area contributed by atoms with Crippen LogP contribution in [0.15, 0.2) is 39.5 Å². The van der Waals surface area contributed by atoms with Gasteiger partial charge in [0.05, 0.1) is 6.54 Å². The van der Waals surface area contributed by atoms with Gasteiger partial charge < -0.3 is 9.52 Å². The summed E-state index contributed by atoms with van der Waals surface area (Å²) >= 11 is 0. The lowest BCUT2D eigenvalue weighted by Gasteiger charge is -2.01. The molecule has 0 bridgehead atoms. The average Bonchev–Trinajstić information content (AvgIpc) is 2.94. The summed E-state index contributed by atoms with van der Waals surface area (Å²) < 4.78 is 8.45. The number of benzene rings is 1. The summed E-state index contributed by atoms with van der Waals surface area (Å²) in [6.45, 7) is 4.17. The molecule has 3 rings (SSSR count). The second kappa shape index (κ2) is 5.05. The predicted molar refractivity (Wildman–Crippen MR) is 76.1 cm³/mol. The highest BCUT2D eigenvalue weighted by atomic mass is 16.4. The van der Waals surface area contributed by atoms with Gasteiger partial charge in [0.15, 0.2) is 0 Å². The van der Waals surface area contributed by atoms with Crippen molar-refractivity contribution in [3.05, 3.63) is 46.2 Å². The second-order valence-corrected chi connectivity index (χ2v) is 4.67. The number of aryl methyl sites for hydroxylation is 1. The third kappa shape index (κ3) is 1.99. The molecule has 2 heterocycles. The van der Waals surface area contributed by atoms with E-state index >= 15 is 0 Å². The quantitative estimate of drug-likeness (QED) is 0.741. The molecule has 108 valence electrons. The molecule has 0 aliphatic carbocycles. The summed E-state index contributed by atoms with van der Waals surface area (Å²) in [5.74, 6) is 0.527. The monoisotopic (exact) mass is 286 g/mol. The summed E-state index contributed by atoms with van der Waals surface area (Å²) in [4.78, 5) is 12.4. The van der Waals surface area contributed by atoms with E-state index in [1.54, 1.807) is 4.57 Å². The average molecular weight is 286 g/mol. The fraction of sp³-hybridized carbons (Fsp3) is 0.267. The Bertz CT molecular complexity index is 850. The van der Waals surface area contributed by atoms with Gasteiger partial charge in [-0.25, -0.2) is 4.79 Å². The minimum absolute atomic E-state index is 0.0549. The molecular weight excluding hydrogens is 270 g/mol. The van der Waals surface area contributed by atoms with Gasteiger partial charge in [-0.2, -0.15) is 4.57 Å². The van der Waals surface area contributed by atoms with Crippen LogP contribution in [0.3, 0.4) is 0 Å². The van der Waals surface area contributed by atoms with Crippen molar-refractivity contribution in [2.75, 3.05) is 0 Å². The third-order valence-electron chi connectivity index (χ3n) is 3.46. The minimum atomic E-state index is -0.347. The van der Waals surface area contributed by atoms with Crippen LogP contribution >= 0.6 is 0 Å². The molecule has 0 saturated carbocycles. The van der Waals surface area contributed by atoms with Gasteiger partial charge in [0.2, 0.25) is 0 Å². The van der Waals surface area contributed by atoms with Crippen LogP contribution in [-0.4, -0.2) is 14.7 Å². The molecule has 21 heavy (non-hydrogen) atoms. The van der Waals surface area contributed by atoms with E-state index in [2.05, 4.69) is 5.10 Å². The van der Waals surface area contributed by atoms with Crippen molar-refractivity contribution in [1.29, 1.82) is 0 Å². The van der Waals surface area contributed by atoms with E-state index in [4.69, 9.17) is 4.42 Å². The molecule has 0 aliphatic heterocycles. The molecule has 0 radical (unpaired) electrons. The van der Waals surface area contributed by atoms with Crippen LogP contribution in [0, 0.1) is 0 Å². The lowest BCUT2D eigenvalue weighted by atomic mass is 10.2. The Hall–Kier alpha value is -2.63. The first-order valence-electron chi connectivity index (χ1n) is 6.90. The lowest BCUT2D eigenvalue weighted by molar-refractivity contribution is -0.684. The predicted octanol–water partition coefficient (Wildman–Crippen LogP) is 1.53. The molecule has 0 unspecified atom stereocenters. The highest BCUT2D eigenvalue weighted by molar-refractivity contribution is 5.53. The highest BCUT2D eigenvalue weighted by Crippen LogP contribution is 2.19. The van der Waals surface area contributed by atoms with Crippen molar-refractivity contribution in [2.45, 2.75) is 26.8 Å². The summed E-state index contributed by atoms with van der Waals surface area (Å²) in [5, 5.41) is 14.5. The molecule has 0 saturated heterocycles. The molecule has 6 heteroatoms. The third-order valence-corrected chi connectivity index (χ3v) is 3.46. The molecule has 0 aliphatic rings. The maximum Gasteiger partial charge on any atom is 0.495 e. The maximum atomic E-state index is 12.4. The maximum absolute atomic E-state index is 12.4. The Kier molecular flexibility index (Phi) is 3.21. The van der Waals surface area contributed by atoms with Gasteiger partial charge in [-0.15, -0.1) is 0 Å². The van der Waals surface area contributed by atoms with E-state index in [9.17, 15) is 9.90 Å². The van der Waals surface area contributed by atoms with Gasteiger partial charge in [-0.1, -0.05) is 25.1 Å². The van der Waals surface area contributed by atoms with Gasteiger partial charge in [-0.05, 0) is 35.1 Å². The van der Waals surface area contributed by atoms with E-state index in [-0.39, 0.29) is 17.3 Å². The SMILES string of the molecule is CCc1c(O)[n+](CC)c2oc(-c3ccccc3)nn2c1=O. The van der Waals surface area contributed by atoms with Crippen LogP contribution in [0.1, 0.15) is 19.4 Å². The normalized spacial score (nSPS) is 11.1. The molecule has 6 nitrogen and oxygen atoms in total. The smallest absolute Gasteiger partial charge is 0.477 e. The topological polar surface area (TPSA) is 71.6 Å². The number of hydrogen-bond acceptors (Lipinski definition) is 4. The molecule has 2 aromatic heterocycles. The molecule has 1 aromatic carbocycles. The van der Waals surface area contributed by atoms with Crippen LogP contribution in [0.4, 0.5) is 0 Å². The lowest BCUT2D eigenvalue weighted by Crippen LogP contribution is -2.40. The molecule has 0 atom stereocenters. The first-order valence-corrected chi connectivity index (χ1v) is 6.90. The Morgan fingerprint density at radius 2 is 2.00 bits per heavy atom. The van der Waals surface area contributed by atoms with Crippen molar-refractivity contribution >= 4 is 5.84 Å². The fourth-order valence-electron chi connectivity index (χ4n) is 2.35. The van der Waals surface area contributed by atoms with Crippen LogP contribution in [0.25, 0.3) is 17.3 Å². The summed E-state index contributed by atoms with van der Waals surface area (Å²) in [7, 11) is 0. The summed E-state index contributed by atoms with van der Waals surface area (Å²) in [6.07, 6.45) is 0.432. The van der Waals surface area contributed by atoms with E-state index < -0.39 is 0 Å². The van der Waals surface area contributed by atoms with E-state index in [1.807, 2.05) is 44.2 Å². The number of fused-ring (bicyclic) bond motifs is 1. The largest absolute Gasteiger partial charge is 0.495 e. The van der Waals surface area contributed by atoms with E-state index in [0.29, 0.717) is 24.4 Å². The number of aromatic nitrogens is 3. The zero-order valence-electron chi connectivity index (χ0n) is 11.9.